The maximum atomic E-state index is 13.0. The Bertz CT molecular complexity index is 636. The fourth-order valence-corrected chi connectivity index (χ4v) is 3.27. The van der Waals surface area contributed by atoms with Crippen LogP contribution in [0.3, 0.4) is 0 Å². The fourth-order valence-electron chi connectivity index (χ4n) is 3.27. The van der Waals surface area contributed by atoms with Crippen molar-refractivity contribution in [2.75, 3.05) is 13.7 Å². The zero-order chi connectivity index (χ0) is 16.1. The first-order chi connectivity index (χ1) is 11.3. The Kier molecular flexibility index (Phi) is 4.96. The smallest absolute Gasteiger partial charge is 0.254 e. The first-order valence-corrected chi connectivity index (χ1v) is 8.29. The zero-order valence-electron chi connectivity index (χ0n) is 13.6. The minimum atomic E-state index is 0.133. The van der Waals surface area contributed by atoms with Crippen LogP contribution in [0.15, 0.2) is 54.6 Å². The summed E-state index contributed by atoms with van der Waals surface area (Å²) in [6, 6.07) is 17.9. The normalized spacial score (nSPS) is 18.3. The van der Waals surface area contributed by atoms with E-state index in [0.29, 0.717) is 0 Å². The van der Waals surface area contributed by atoms with Crippen molar-refractivity contribution in [3.05, 3.63) is 65.7 Å². The van der Waals surface area contributed by atoms with Crippen molar-refractivity contribution in [1.82, 2.24) is 4.90 Å². The zero-order valence-corrected chi connectivity index (χ0v) is 13.6. The van der Waals surface area contributed by atoms with Gasteiger partial charge in [0.25, 0.3) is 5.91 Å². The summed E-state index contributed by atoms with van der Waals surface area (Å²) in [7, 11) is 1.67. The highest BCUT2D eigenvalue weighted by atomic mass is 16.5. The lowest BCUT2D eigenvalue weighted by Crippen LogP contribution is -2.34. The second-order valence-corrected chi connectivity index (χ2v) is 6.00. The van der Waals surface area contributed by atoms with E-state index in [4.69, 9.17) is 4.74 Å². The molecule has 1 saturated heterocycles. The predicted molar refractivity (Wildman–Crippen MR) is 91.7 cm³/mol. The molecule has 0 N–H and O–H groups in total. The van der Waals surface area contributed by atoms with E-state index in [9.17, 15) is 4.79 Å². The van der Waals surface area contributed by atoms with Gasteiger partial charge in [0.05, 0.1) is 13.2 Å². The molecule has 0 aliphatic carbocycles. The molecule has 1 fully saturated rings. The summed E-state index contributed by atoms with van der Waals surface area (Å²) in [5.74, 6) is 0.983. The van der Waals surface area contributed by atoms with Gasteiger partial charge in [0.2, 0.25) is 0 Å². The second kappa shape index (κ2) is 7.32. The van der Waals surface area contributed by atoms with E-state index in [0.717, 1.165) is 37.1 Å². The number of amides is 1. The number of nitrogens with zero attached hydrogens (tertiary/aromatic N) is 1. The van der Waals surface area contributed by atoms with Crippen LogP contribution in [0.1, 0.15) is 47.6 Å². The van der Waals surface area contributed by atoms with Crippen LogP contribution in [0, 0.1) is 0 Å². The molecule has 0 bridgehead atoms. The molecule has 0 aromatic heterocycles. The average molecular weight is 309 g/mol. The summed E-state index contributed by atoms with van der Waals surface area (Å²) in [6.07, 6.45) is 4.44. The number of hydrogen-bond acceptors (Lipinski definition) is 2. The molecular weight excluding hydrogens is 286 g/mol. The summed E-state index contributed by atoms with van der Waals surface area (Å²) in [6.45, 7) is 0.824. The maximum absolute atomic E-state index is 13.0. The van der Waals surface area contributed by atoms with Gasteiger partial charge in [-0.2, -0.15) is 0 Å². The highest BCUT2D eigenvalue weighted by molar-refractivity contribution is 5.94. The number of carbonyl (C=O) groups is 1. The van der Waals surface area contributed by atoms with Gasteiger partial charge < -0.3 is 9.64 Å². The number of likely N-dealkylation sites (tertiary alicyclic amines) is 1. The molecule has 0 saturated carbocycles. The van der Waals surface area contributed by atoms with E-state index in [1.54, 1.807) is 7.11 Å². The van der Waals surface area contributed by atoms with Crippen molar-refractivity contribution < 1.29 is 9.53 Å². The topological polar surface area (TPSA) is 29.5 Å². The molecule has 1 unspecified atom stereocenters. The van der Waals surface area contributed by atoms with Gasteiger partial charge in [0.1, 0.15) is 5.75 Å². The molecule has 2 aromatic carbocycles. The van der Waals surface area contributed by atoms with Gasteiger partial charge in [-0.05, 0) is 42.7 Å². The molecule has 120 valence electrons. The van der Waals surface area contributed by atoms with Crippen molar-refractivity contribution in [2.45, 2.75) is 31.7 Å². The highest BCUT2D eigenvalue weighted by Crippen LogP contribution is 2.32. The number of hydrogen-bond donors (Lipinski definition) is 0. The van der Waals surface area contributed by atoms with Crippen LogP contribution in [0.25, 0.3) is 0 Å². The van der Waals surface area contributed by atoms with Crippen LogP contribution in [-0.4, -0.2) is 24.5 Å². The van der Waals surface area contributed by atoms with Gasteiger partial charge in [-0.15, -0.1) is 0 Å². The Hall–Kier alpha value is -2.29. The molecule has 2 aromatic rings. The Morgan fingerprint density at radius 1 is 1.00 bits per heavy atom. The molecule has 0 radical (unpaired) electrons. The standard InChI is InChI=1S/C20H23NO2/c1-23-18-13-11-16(12-14-18)19-10-6-3-7-15-21(19)20(22)17-8-4-2-5-9-17/h2,4-5,8-9,11-14,19H,3,6-7,10,15H2,1H3. The summed E-state index contributed by atoms with van der Waals surface area (Å²) in [4.78, 5) is 15.0. The molecule has 1 atom stereocenters. The van der Waals surface area contributed by atoms with Gasteiger partial charge in [-0.25, -0.2) is 0 Å². The Labute approximate surface area is 137 Å². The van der Waals surface area contributed by atoms with Crippen molar-refractivity contribution in [1.29, 1.82) is 0 Å². The molecule has 3 nitrogen and oxygen atoms in total. The largest absolute Gasteiger partial charge is 0.497 e. The van der Waals surface area contributed by atoms with Gasteiger partial charge in [0.15, 0.2) is 0 Å². The lowest BCUT2D eigenvalue weighted by atomic mass is 10.00. The monoisotopic (exact) mass is 309 g/mol. The third kappa shape index (κ3) is 3.55. The number of rotatable bonds is 3. The van der Waals surface area contributed by atoms with Crippen LogP contribution in [-0.2, 0) is 0 Å². The summed E-state index contributed by atoms with van der Waals surface area (Å²) >= 11 is 0. The first-order valence-electron chi connectivity index (χ1n) is 8.29. The third-order valence-electron chi connectivity index (χ3n) is 4.53. The summed E-state index contributed by atoms with van der Waals surface area (Å²) < 4.78 is 5.24. The molecule has 1 aliphatic heterocycles. The maximum Gasteiger partial charge on any atom is 0.254 e. The van der Waals surface area contributed by atoms with E-state index in [-0.39, 0.29) is 11.9 Å². The number of methoxy groups -OCH3 is 1. The third-order valence-corrected chi connectivity index (χ3v) is 4.53. The Morgan fingerprint density at radius 2 is 1.74 bits per heavy atom. The van der Waals surface area contributed by atoms with Gasteiger partial charge >= 0.3 is 0 Å². The highest BCUT2D eigenvalue weighted by Gasteiger charge is 2.27. The van der Waals surface area contributed by atoms with E-state index in [2.05, 4.69) is 12.1 Å². The molecule has 1 aliphatic rings. The SMILES string of the molecule is COc1ccc(C2CCCCCN2C(=O)c2ccccc2)cc1. The lowest BCUT2D eigenvalue weighted by molar-refractivity contribution is 0.0681. The van der Waals surface area contributed by atoms with E-state index in [1.807, 2.05) is 47.4 Å². The van der Waals surface area contributed by atoms with Gasteiger partial charge in [-0.1, -0.05) is 43.2 Å². The summed E-state index contributed by atoms with van der Waals surface area (Å²) in [5, 5.41) is 0. The minimum Gasteiger partial charge on any atom is -0.497 e. The first kappa shape index (κ1) is 15.6. The van der Waals surface area contributed by atoms with Gasteiger partial charge in [0, 0.05) is 12.1 Å². The Balaban J connectivity index is 1.89. The number of ether oxygens (including phenoxy) is 1. The van der Waals surface area contributed by atoms with E-state index in [1.165, 1.54) is 12.0 Å². The molecule has 3 heteroatoms. The van der Waals surface area contributed by atoms with Crippen molar-refractivity contribution in [2.24, 2.45) is 0 Å². The summed E-state index contributed by atoms with van der Waals surface area (Å²) in [5.41, 5.74) is 1.96. The molecular formula is C20H23NO2. The molecule has 23 heavy (non-hydrogen) atoms. The van der Waals surface area contributed by atoms with Crippen LogP contribution >= 0.6 is 0 Å². The Morgan fingerprint density at radius 3 is 2.43 bits per heavy atom. The average Bonchev–Trinajstić information content (AvgIpc) is 2.88. The van der Waals surface area contributed by atoms with E-state index >= 15 is 0 Å². The number of carbonyl (C=O) groups excluding carboxylic acids is 1. The van der Waals surface area contributed by atoms with Crippen molar-refractivity contribution in [3.8, 4) is 5.75 Å². The van der Waals surface area contributed by atoms with Crippen LogP contribution in [0.2, 0.25) is 0 Å². The molecule has 1 amide bonds. The van der Waals surface area contributed by atoms with Crippen LogP contribution in [0.5, 0.6) is 5.75 Å². The molecule has 0 spiro atoms. The van der Waals surface area contributed by atoms with Crippen LogP contribution < -0.4 is 4.74 Å². The molecule has 3 rings (SSSR count). The fraction of sp³-hybridized carbons (Fsp3) is 0.350. The van der Waals surface area contributed by atoms with Crippen molar-refractivity contribution >= 4 is 5.91 Å². The van der Waals surface area contributed by atoms with Gasteiger partial charge in [-0.3, -0.25) is 4.79 Å². The predicted octanol–water partition coefficient (Wildman–Crippen LogP) is 4.45. The quantitative estimate of drug-likeness (QED) is 0.838. The van der Waals surface area contributed by atoms with Crippen molar-refractivity contribution in [3.63, 3.8) is 0 Å². The molecule has 1 heterocycles. The lowest BCUT2D eigenvalue weighted by Gasteiger charge is -2.30. The number of benzene rings is 2. The minimum absolute atomic E-state index is 0.133. The van der Waals surface area contributed by atoms with Crippen LogP contribution in [0.4, 0.5) is 0 Å². The second-order valence-electron chi connectivity index (χ2n) is 6.00. The van der Waals surface area contributed by atoms with E-state index < -0.39 is 0 Å².